The van der Waals surface area contributed by atoms with Crippen molar-refractivity contribution in [3.05, 3.63) is 40.2 Å². The van der Waals surface area contributed by atoms with Crippen LogP contribution >= 0.6 is 11.6 Å². The predicted octanol–water partition coefficient (Wildman–Crippen LogP) is 1.77. The number of ether oxygens (including phenoxy) is 2. The van der Waals surface area contributed by atoms with E-state index in [0.29, 0.717) is 10.8 Å². The number of nitrogens with zero attached hydrogens (tertiary/aromatic N) is 3. The van der Waals surface area contributed by atoms with Crippen molar-refractivity contribution in [1.29, 1.82) is 0 Å². The standard InChI is InChI=1S/C15H16ClN3O3/c16-13-5-15-14(21-9-22-15)3-10(13)6-18-1-2-19-12(7-18)4-11(8-20)17-19/h3-5,20H,1-2,6-9H2. The highest BCUT2D eigenvalue weighted by Gasteiger charge is 2.21. The number of aliphatic hydroxyl groups is 1. The summed E-state index contributed by atoms with van der Waals surface area (Å²) in [5, 5.41) is 14.2. The molecular formula is C15H16ClN3O3. The van der Waals surface area contributed by atoms with E-state index in [1.54, 1.807) is 0 Å². The molecule has 0 atom stereocenters. The number of rotatable bonds is 3. The van der Waals surface area contributed by atoms with Crippen molar-refractivity contribution < 1.29 is 14.6 Å². The van der Waals surface area contributed by atoms with Crippen LogP contribution in [-0.4, -0.2) is 33.1 Å². The molecule has 0 radical (unpaired) electrons. The van der Waals surface area contributed by atoms with Crippen LogP contribution in [0.2, 0.25) is 5.02 Å². The predicted molar refractivity (Wildman–Crippen MR) is 79.8 cm³/mol. The molecule has 7 heteroatoms. The van der Waals surface area contributed by atoms with Gasteiger partial charge in [0, 0.05) is 30.7 Å². The summed E-state index contributed by atoms with van der Waals surface area (Å²) >= 11 is 6.34. The van der Waals surface area contributed by atoms with Crippen molar-refractivity contribution in [2.24, 2.45) is 0 Å². The molecule has 0 aliphatic carbocycles. The van der Waals surface area contributed by atoms with Crippen LogP contribution in [0.15, 0.2) is 18.2 Å². The normalized spacial score (nSPS) is 16.8. The largest absolute Gasteiger partial charge is 0.454 e. The van der Waals surface area contributed by atoms with Crippen LogP contribution in [0, 0.1) is 0 Å². The second kappa shape index (κ2) is 5.46. The summed E-state index contributed by atoms with van der Waals surface area (Å²) in [7, 11) is 0. The zero-order chi connectivity index (χ0) is 15.1. The number of benzene rings is 1. The van der Waals surface area contributed by atoms with Gasteiger partial charge in [0.2, 0.25) is 6.79 Å². The molecule has 1 N–H and O–H groups in total. The van der Waals surface area contributed by atoms with Gasteiger partial charge in [0.05, 0.1) is 24.5 Å². The first kappa shape index (κ1) is 13.9. The van der Waals surface area contributed by atoms with Crippen molar-refractivity contribution in [3.8, 4) is 11.5 Å². The number of fused-ring (bicyclic) bond motifs is 2. The van der Waals surface area contributed by atoms with Gasteiger partial charge in [-0.05, 0) is 17.7 Å². The van der Waals surface area contributed by atoms with Crippen LogP contribution in [-0.2, 0) is 26.2 Å². The van der Waals surface area contributed by atoms with E-state index in [-0.39, 0.29) is 13.4 Å². The molecule has 2 aromatic rings. The lowest BCUT2D eigenvalue weighted by atomic mass is 10.1. The summed E-state index contributed by atoms with van der Waals surface area (Å²) in [4.78, 5) is 2.31. The quantitative estimate of drug-likeness (QED) is 0.933. The molecule has 1 aromatic carbocycles. The number of halogens is 1. The van der Waals surface area contributed by atoms with E-state index in [9.17, 15) is 5.11 Å². The first-order valence-electron chi connectivity index (χ1n) is 7.20. The van der Waals surface area contributed by atoms with Crippen molar-refractivity contribution in [1.82, 2.24) is 14.7 Å². The van der Waals surface area contributed by atoms with Gasteiger partial charge in [-0.2, -0.15) is 5.10 Å². The third-order valence-electron chi connectivity index (χ3n) is 4.03. The summed E-state index contributed by atoms with van der Waals surface area (Å²) in [6.07, 6.45) is 0. The Morgan fingerprint density at radius 2 is 2.00 bits per heavy atom. The van der Waals surface area contributed by atoms with Crippen LogP contribution in [0.25, 0.3) is 0 Å². The van der Waals surface area contributed by atoms with E-state index in [0.717, 1.165) is 48.9 Å². The average Bonchev–Trinajstić information content (AvgIpc) is 3.12. The van der Waals surface area contributed by atoms with Crippen LogP contribution in [0.4, 0.5) is 0 Å². The number of aromatic nitrogens is 2. The fourth-order valence-corrected chi connectivity index (χ4v) is 3.13. The van der Waals surface area contributed by atoms with Gasteiger partial charge in [0.1, 0.15) is 0 Å². The van der Waals surface area contributed by atoms with Crippen LogP contribution in [0.1, 0.15) is 17.0 Å². The van der Waals surface area contributed by atoms with Gasteiger partial charge in [-0.25, -0.2) is 0 Å². The summed E-state index contributed by atoms with van der Waals surface area (Å²) in [6.45, 7) is 3.48. The molecule has 0 unspecified atom stereocenters. The van der Waals surface area contributed by atoms with Gasteiger partial charge < -0.3 is 14.6 Å². The molecule has 0 amide bonds. The van der Waals surface area contributed by atoms with Crippen molar-refractivity contribution in [2.45, 2.75) is 26.2 Å². The zero-order valence-corrected chi connectivity index (χ0v) is 12.7. The molecule has 0 saturated carbocycles. The molecule has 2 aliphatic rings. The molecule has 0 bridgehead atoms. The fraction of sp³-hybridized carbons (Fsp3) is 0.400. The Labute approximate surface area is 132 Å². The van der Waals surface area contributed by atoms with Gasteiger partial charge in [0.25, 0.3) is 0 Å². The molecule has 116 valence electrons. The Balaban J connectivity index is 1.53. The Bertz CT molecular complexity index is 716. The summed E-state index contributed by atoms with van der Waals surface area (Å²) in [5.41, 5.74) is 2.87. The fourth-order valence-electron chi connectivity index (χ4n) is 2.91. The highest BCUT2D eigenvalue weighted by molar-refractivity contribution is 6.31. The molecule has 22 heavy (non-hydrogen) atoms. The monoisotopic (exact) mass is 321 g/mol. The first-order valence-corrected chi connectivity index (χ1v) is 7.57. The maximum absolute atomic E-state index is 9.18. The molecule has 6 nitrogen and oxygen atoms in total. The Hall–Kier alpha value is -1.76. The molecule has 0 fully saturated rings. The molecule has 0 saturated heterocycles. The van der Waals surface area contributed by atoms with Crippen molar-refractivity contribution in [2.75, 3.05) is 13.3 Å². The van der Waals surface area contributed by atoms with Gasteiger partial charge in [-0.3, -0.25) is 9.58 Å². The Morgan fingerprint density at radius 1 is 1.18 bits per heavy atom. The third-order valence-corrected chi connectivity index (χ3v) is 4.38. The first-order chi connectivity index (χ1) is 10.7. The summed E-state index contributed by atoms with van der Waals surface area (Å²) < 4.78 is 12.7. The maximum atomic E-state index is 9.18. The van der Waals surface area contributed by atoms with Crippen LogP contribution < -0.4 is 9.47 Å². The second-order valence-electron chi connectivity index (χ2n) is 5.52. The van der Waals surface area contributed by atoms with Gasteiger partial charge in [-0.15, -0.1) is 0 Å². The van der Waals surface area contributed by atoms with E-state index in [4.69, 9.17) is 21.1 Å². The molecule has 4 rings (SSSR count). The minimum Gasteiger partial charge on any atom is -0.454 e. The summed E-state index contributed by atoms with van der Waals surface area (Å²) in [5.74, 6) is 1.46. The Morgan fingerprint density at radius 3 is 2.82 bits per heavy atom. The lowest BCUT2D eigenvalue weighted by molar-refractivity contribution is 0.173. The molecular weight excluding hydrogens is 306 g/mol. The lowest BCUT2D eigenvalue weighted by Gasteiger charge is -2.27. The van der Waals surface area contributed by atoms with E-state index < -0.39 is 0 Å². The van der Waals surface area contributed by atoms with Crippen LogP contribution in [0.5, 0.6) is 11.5 Å². The second-order valence-corrected chi connectivity index (χ2v) is 5.92. The van der Waals surface area contributed by atoms with E-state index in [2.05, 4.69) is 10.00 Å². The zero-order valence-electron chi connectivity index (χ0n) is 12.0. The highest BCUT2D eigenvalue weighted by Crippen LogP contribution is 2.37. The number of hydrogen-bond donors (Lipinski definition) is 1. The average molecular weight is 322 g/mol. The number of aliphatic hydroxyl groups excluding tert-OH is 1. The minimum atomic E-state index is -0.0199. The lowest BCUT2D eigenvalue weighted by Crippen LogP contribution is -2.33. The van der Waals surface area contributed by atoms with Gasteiger partial charge in [-0.1, -0.05) is 11.6 Å². The maximum Gasteiger partial charge on any atom is 0.231 e. The van der Waals surface area contributed by atoms with Crippen molar-refractivity contribution >= 4 is 11.6 Å². The Kier molecular flexibility index (Phi) is 3.44. The summed E-state index contributed by atoms with van der Waals surface area (Å²) in [6, 6.07) is 5.72. The molecule has 3 heterocycles. The molecule has 2 aliphatic heterocycles. The van der Waals surface area contributed by atoms with E-state index >= 15 is 0 Å². The minimum absolute atomic E-state index is 0.0199. The highest BCUT2D eigenvalue weighted by atomic mass is 35.5. The molecule has 1 aromatic heterocycles. The smallest absolute Gasteiger partial charge is 0.231 e. The van der Waals surface area contributed by atoms with Gasteiger partial charge >= 0.3 is 0 Å². The third kappa shape index (κ3) is 2.43. The SMILES string of the molecule is OCc1cc2n(n1)CCN(Cc1cc3c(cc1Cl)OCO3)C2. The number of hydrogen-bond acceptors (Lipinski definition) is 5. The van der Waals surface area contributed by atoms with E-state index in [1.165, 1.54) is 0 Å². The molecule has 0 spiro atoms. The van der Waals surface area contributed by atoms with Gasteiger partial charge in [0.15, 0.2) is 11.5 Å². The van der Waals surface area contributed by atoms with Crippen LogP contribution in [0.3, 0.4) is 0 Å². The van der Waals surface area contributed by atoms with E-state index in [1.807, 2.05) is 22.9 Å². The van der Waals surface area contributed by atoms with Crippen molar-refractivity contribution in [3.63, 3.8) is 0 Å². The topological polar surface area (TPSA) is 59.8 Å².